The van der Waals surface area contributed by atoms with E-state index < -0.39 is 10.0 Å². The van der Waals surface area contributed by atoms with Gasteiger partial charge in [-0.05, 0) is 27.2 Å². The highest BCUT2D eigenvalue weighted by molar-refractivity contribution is 9.09. The fourth-order valence-corrected chi connectivity index (χ4v) is 2.28. The average molecular weight is 258 g/mol. The van der Waals surface area contributed by atoms with Crippen molar-refractivity contribution in [1.82, 2.24) is 4.72 Å². The highest BCUT2D eigenvalue weighted by Crippen LogP contribution is 2.01. The van der Waals surface area contributed by atoms with Crippen molar-refractivity contribution < 1.29 is 8.42 Å². The molecule has 0 aromatic heterocycles. The molecule has 3 nitrogen and oxygen atoms in total. The number of halogens is 1. The minimum Gasteiger partial charge on any atom is -0.212 e. The van der Waals surface area contributed by atoms with Crippen LogP contribution in [0.3, 0.4) is 0 Å². The predicted octanol–water partition coefficient (Wildman–Crippen LogP) is 1.49. The summed E-state index contributed by atoms with van der Waals surface area (Å²) in [6, 6.07) is 0.0109. The third kappa shape index (κ3) is 4.42. The first-order chi connectivity index (χ1) is 5.40. The Bertz CT molecular complexity index is 213. The molecule has 1 unspecified atom stereocenters. The Kier molecular flexibility index (Phi) is 5.36. The Morgan fingerprint density at radius 2 is 1.83 bits per heavy atom. The molecule has 0 aromatic carbocycles. The molecule has 0 saturated carbocycles. The van der Waals surface area contributed by atoms with Crippen molar-refractivity contribution in [3.63, 3.8) is 0 Å². The molecule has 0 heterocycles. The third-order valence-corrected chi connectivity index (χ3v) is 3.96. The first kappa shape index (κ1) is 12.4. The molecule has 1 atom stereocenters. The van der Waals surface area contributed by atoms with Gasteiger partial charge in [0.2, 0.25) is 10.0 Å². The topological polar surface area (TPSA) is 46.2 Å². The van der Waals surface area contributed by atoms with E-state index in [0.29, 0.717) is 0 Å². The van der Waals surface area contributed by atoms with Gasteiger partial charge in [-0.3, -0.25) is 0 Å². The Balaban J connectivity index is 4.07. The number of alkyl halides is 1. The first-order valence-electron chi connectivity index (χ1n) is 3.97. The van der Waals surface area contributed by atoms with Crippen molar-refractivity contribution in [3.05, 3.63) is 0 Å². The Morgan fingerprint density at radius 3 is 2.17 bits per heavy atom. The van der Waals surface area contributed by atoms with Crippen LogP contribution in [-0.4, -0.2) is 25.0 Å². The molecule has 0 aliphatic heterocycles. The Morgan fingerprint density at radius 1 is 1.33 bits per heavy atom. The average Bonchev–Trinajstić information content (AvgIpc) is 1.85. The molecule has 0 spiro atoms. The second kappa shape index (κ2) is 5.19. The summed E-state index contributed by atoms with van der Waals surface area (Å²) in [6.45, 7) is 5.20. The molecule has 0 amide bonds. The van der Waals surface area contributed by atoms with Gasteiger partial charge in [0.1, 0.15) is 0 Å². The van der Waals surface area contributed by atoms with Crippen LogP contribution in [0.5, 0.6) is 0 Å². The number of hydrogen-bond acceptors (Lipinski definition) is 2. The molecule has 74 valence electrons. The second-order valence-corrected chi connectivity index (χ2v) is 6.15. The molecule has 0 aromatic rings. The van der Waals surface area contributed by atoms with Crippen LogP contribution in [0.15, 0.2) is 0 Å². The molecule has 0 fully saturated rings. The normalized spacial score (nSPS) is 15.1. The van der Waals surface area contributed by atoms with Crippen LogP contribution in [0.1, 0.15) is 27.2 Å². The molecule has 0 radical (unpaired) electrons. The number of rotatable bonds is 5. The van der Waals surface area contributed by atoms with Gasteiger partial charge in [0.15, 0.2) is 0 Å². The van der Waals surface area contributed by atoms with Gasteiger partial charge in [0.25, 0.3) is 0 Å². The quantitative estimate of drug-likeness (QED) is 0.759. The van der Waals surface area contributed by atoms with E-state index in [2.05, 4.69) is 20.7 Å². The van der Waals surface area contributed by atoms with E-state index in [1.54, 1.807) is 13.8 Å². The largest absolute Gasteiger partial charge is 0.214 e. The van der Waals surface area contributed by atoms with Crippen LogP contribution < -0.4 is 4.72 Å². The van der Waals surface area contributed by atoms with Crippen molar-refractivity contribution in [2.24, 2.45) is 0 Å². The van der Waals surface area contributed by atoms with Gasteiger partial charge in [-0.25, -0.2) is 13.1 Å². The molecule has 0 saturated heterocycles. The Hall–Kier alpha value is 0.390. The molecule has 0 rings (SSSR count). The smallest absolute Gasteiger partial charge is 0.212 e. The minimum atomic E-state index is -3.09. The SMILES string of the molecule is CC(CCBr)NS(=O)(=O)C(C)C. The number of sulfonamides is 1. The van der Waals surface area contributed by atoms with Crippen LogP contribution in [-0.2, 0) is 10.0 Å². The number of hydrogen-bond donors (Lipinski definition) is 1. The van der Waals surface area contributed by atoms with Gasteiger partial charge in [-0.1, -0.05) is 15.9 Å². The monoisotopic (exact) mass is 257 g/mol. The van der Waals surface area contributed by atoms with E-state index in [-0.39, 0.29) is 11.3 Å². The summed E-state index contributed by atoms with van der Waals surface area (Å²) in [6.07, 6.45) is 0.811. The van der Waals surface area contributed by atoms with Gasteiger partial charge in [-0.2, -0.15) is 0 Å². The maximum atomic E-state index is 11.3. The van der Waals surface area contributed by atoms with Gasteiger partial charge in [0, 0.05) is 11.4 Å². The maximum Gasteiger partial charge on any atom is 0.214 e. The van der Waals surface area contributed by atoms with Gasteiger partial charge < -0.3 is 0 Å². The second-order valence-electron chi connectivity index (χ2n) is 3.09. The predicted molar refractivity (Wildman–Crippen MR) is 55.1 cm³/mol. The van der Waals surface area contributed by atoms with Crippen molar-refractivity contribution in [3.8, 4) is 0 Å². The molecule has 0 aliphatic carbocycles. The third-order valence-electron chi connectivity index (χ3n) is 1.53. The highest BCUT2D eigenvalue weighted by atomic mass is 79.9. The maximum absolute atomic E-state index is 11.3. The van der Waals surface area contributed by atoms with Crippen molar-refractivity contribution in [1.29, 1.82) is 0 Å². The lowest BCUT2D eigenvalue weighted by Gasteiger charge is -2.14. The number of nitrogens with one attached hydrogen (secondary N) is 1. The lowest BCUT2D eigenvalue weighted by Crippen LogP contribution is -2.37. The van der Waals surface area contributed by atoms with E-state index in [4.69, 9.17) is 0 Å². The van der Waals surface area contributed by atoms with E-state index in [9.17, 15) is 8.42 Å². The summed E-state index contributed by atoms with van der Waals surface area (Å²) in [5.74, 6) is 0. The molecule has 1 N–H and O–H groups in total. The summed E-state index contributed by atoms with van der Waals surface area (Å²) in [7, 11) is -3.09. The summed E-state index contributed by atoms with van der Waals surface area (Å²) < 4.78 is 25.2. The summed E-state index contributed by atoms with van der Waals surface area (Å²) in [5, 5.41) is 0.463. The molecule has 12 heavy (non-hydrogen) atoms. The van der Waals surface area contributed by atoms with Crippen molar-refractivity contribution in [2.45, 2.75) is 38.5 Å². The van der Waals surface area contributed by atoms with Crippen molar-refractivity contribution >= 4 is 26.0 Å². The molecular formula is C7H16BrNO2S. The van der Waals surface area contributed by atoms with Crippen LogP contribution in [0.25, 0.3) is 0 Å². The lowest BCUT2D eigenvalue weighted by atomic mass is 10.3. The first-order valence-corrected chi connectivity index (χ1v) is 6.64. The van der Waals surface area contributed by atoms with Crippen LogP contribution in [0.4, 0.5) is 0 Å². The molecule has 5 heteroatoms. The van der Waals surface area contributed by atoms with Gasteiger partial charge >= 0.3 is 0 Å². The molecular weight excluding hydrogens is 242 g/mol. The van der Waals surface area contributed by atoms with Crippen LogP contribution >= 0.6 is 15.9 Å². The van der Waals surface area contributed by atoms with Crippen LogP contribution in [0, 0.1) is 0 Å². The summed E-state index contributed by atoms with van der Waals surface area (Å²) >= 11 is 3.26. The minimum absolute atomic E-state index is 0.0109. The van der Waals surface area contributed by atoms with Crippen LogP contribution in [0.2, 0.25) is 0 Å². The zero-order valence-electron chi connectivity index (χ0n) is 7.67. The molecule has 0 aliphatic rings. The van der Waals surface area contributed by atoms with Crippen molar-refractivity contribution in [2.75, 3.05) is 5.33 Å². The summed E-state index contributed by atoms with van der Waals surface area (Å²) in [5.41, 5.74) is 0. The van der Waals surface area contributed by atoms with E-state index in [1.165, 1.54) is 0 Å². The summed E-state index contributed by atoms with van der Waals surface area (Å²) in [4.78, 5) is 0. The standard InChI is InChI=1S/C7H16BrNO2S/c1-6(2)12(10,11)9-7(3)4-5-8/h6-7,9H,4-5H2,1-3H3. The van der Waals surface area contributed by atoms with E-state index in [0.717, 1.165) is 11.8 Å². The fourth-order valence-electron chi connectivity index (χ4n) is 0.639. The van der Waals surface area contributed by atoms with E-state index in [1.807, 2.05) is 6.92 Å². The zero-order chi connectivity index (χ0) is 9.78. The lowest BCUT2D eigenvalue weighted by molar-refractivity contribution is 0.549. The van der Waals surface area contributed by atoms with Gasteiger partial charge in [-0.15, -0.1) is 0 Å². The molecule has 0 bridgehead atoms. The van der Waals surface area contributed by atoms with Gasteiger partial charge in [0.05, 0.1) is 5.25 Å². The van der Waals surface area contributed by atoms with E-state index >= 15 is 0 Å². The Labute approximate surface area is 83.1 Å². The fraction of sp³-hybridized carbons (Fsp3) is 1.00. The zero-order valence-corrected chi connectivity index (χ0v) is 10.1. The highest BCUT2D eigenvalue weighted by Gasteiger charge is 2.17.